The second-order valence-electron chi connectivity index (χ2n) is 10.6. The van der Waals surface area contributed by atoms with Gasteiger partial charge in [0.25, 0.3) is 0 Å². The lowest BCUT2D eigenvalue weighted by Gasteiger charge is -2.41. The average Bonchev–Trinajstić information content (AvgIpc) is 3.27. The molecule has 1 unspecified atom stereocenters. The van der Waals surface area contributed by atoms with Crippen LogP contribution < -0.4 is 9.62 Å². The van der Waals surface area contributed by atoms with Crippen LogP contribution in [0.15, 0.2) is 72.8 Å². The van der Waals surface area contributed by atoms with Crippen molar-refractivity contribution in [1.82, 2.24) is 10.2 Å². The number of nitrogens with zero attached hydrogens (tertiary/aromatic N) is 2. The number of anilines is 1. The monoisotopic (exact) mass is 601 g/mol. The molecule has 2 aliphatic rings. The summed E-state index contributed by atoms with van der Waals surface area (Å²) in [6.45, 7) is 2.52. The van der Waals surface area contributed by atoms with E-state index in [-0.39, 0.29) is 17.9 Å². The Bertz CT molecular complexity index is 1460. The lowest BCUT2D eigenvalue weighted by molar-refractivity contribution is -0.136. The zero-order valence-electron chi connectivity index (χ0n) is 22.4. The highest BCUT2D eigenvalue weighted by Gasteiger charge is 2.47. The van der Waals surface area contributed by atoms with E-state index in [1.54, 1.807) is 12.1 Å². The molecule has 1 amide bonds. The molecule has 0 aliphatic carbocycles. The quantitative estimate of drug-likeness (QED) is 0.373. The number of amides is 1. The molecule has 2 aliphatic heterocycles. The Kier molecular flexibility index (Phi) is 8.73. The van der Waals surface area contributed by atoms with Crippen molar-refractivity contribution in [1.29, 1.82) is 0 Å². The number of nitrogens with one attached hydrogen (secondary N) is 1. The first-order chi connectivity index (χ1) is 19.2. The van der Waals surface area contributed by atoms with Gasteiger partial charge in [-0.05, 0) is 47.7 Å². The Hall–Kier alpha value is -2.62. The normalized spacial score (nSPS) is 17.2. The van der Waals surface area contributed by atoms with Crippen molar-refractivity contribution in [2.75, 3.05) is 36.8 Å². The van der Waals surface area contributed by atoms with E-state index < -0.39 is 16.1 Å². The molecule has 1 atom stereocenters. The number of likely N-dealkylation sites (tertiary alicyclic amines) is 1. The smallest absolute Gasteiger partial charge is 0.242 e. The highest BCUT2D eigenvalue weighted by molar-refractivity contribution is 7.92. The van der Waals surface area contributed by atoms with Crippen LogP contribution >= 0.6 is 23.2 Å². The van der Waals surface area contributed by atoms with Crippen LogP contribution in [0.5, 0.6) is 0 Å². The Morgan fingerprint density at radius 1 is 0.975 bits per heavy atom. The van der Waals surface area contributed by atoms with Crippen LogP contribution in [0.2, 0.25) is 10.0 Å². The third-order valence-corrected chi connectivity index (χ3v) is 9.72. The molecule has 0 saturated carbocycles. The van der Waals surface area contributed by atoms with Gasteiger partial charge in [0.15, 0.2) is 0 Å². The summed E-state index contributed by atoms with van der Waals surface area (Å²) in [6, 6.07) is 22.5. The lowest BCUT2D eigenvalue weighted by atomic mass is 9.74. The van der Waals surface area contributed by atoms with E-state index >= 15 is 0 Å². The summed E-state index contributed by atoms with van der Waals surface area (Å²) < 4.78 is 32.6. The van der Waals surface area contributed by atoms with Crippen molar-refractivity contribution in [3.05, 3.63) is 99.5 Å². The summed E-state index contributed by atoms with van der Waals surface area (Å²) in [5, 5.41) is 4.34. The third kappa shape index (κ3) is 6.31. The molecule has 0 aromatic heterocycles. The summed E-state index contributed by atoms with van der Waals surface area (Å²) >= 11 is 12.2. The number of ether oxygens (including phenoxy) is 1. The van der Waals surface area contributed by atoms with E-state index in [2.05, 4.69) is 5.32 Å². The van der Waals surface area contributed by atoms with Crippen LogP contribution in [0, 0.1) is 0 Å². The lowest BCUT2D eigenvalue weighted by Crippen LogP contribution is -2.54. The fraction of sp³-hybridized carbons (Fsp3) is 0.367. The summed E-state index contributed by atoms with van der Waals surface area (Å²) in [4.78, 5) is 15.6. The predicted molar refractivity (Wildman–Crippen MR) is 159 cm³/mol. The van der Waals surface area contributed by atoms with Crippen LogP contribution in [-0.4, -0.2) is 57.8 Å². The van der Waals surface area contributed by atoms with Crippen LogP contribution in [0.25, 0.3) is 0 Å². The van der Waals surface area contributed by atoms with E-state index in [9.17, 15) is 13.2 Å². The zero-order valence-corrected chi connectivity index (χ0v) is 24.7. The van der Waals surface area contributed by atoms with E-state index in [4.69, 9.17) is 27.9 Å². The highest BCUT2D eigenvalue weighted by Crippen LogP contribution is 2.47. The number of carbonyl (C=O) groups excluding carboxylic acids is 1. The maximum absolute atomic E-state index is 13.8. The van der Waals surface area contributed by atoms with Gasteiger partial charge in [-0.25, -0.2) is 8.42 Å². The molecule has 10 heteroatoms. The van der Waals surface area contributed by atoms with E-state index in [1.165, 1.54) is 10.6 Å². The molecule has 1 fully saturated rings. The number of sulfonamides is 1. The molecular formula is C30H33Cl2N3O4S. The van der Waals surface area contributed by atoms with Gasteiger partial charge in [-0.2, -0.15) is 0 Å². The van der Waals surface area contributed by atoms with Crippen LogP contribution in [-0.2, 0) is 38.1 Å². The molecule has 40 heavy (non-hydrogen) atoms. The molecule has 7 nitrogen and oxygen atoms in total. The number of hydrogen-bond donors (Lipinski definition) is 1. The zero-order chi connectivity index (χ0) is 28.3. The molecule has 3 aromatic rings. The first-order valence-electron chi connectivity index (χ1n) is 13.3. The van der Waals surface area contributed by atoms with Crippen LogP contribution in [0.1, 0.15) is 29.5 Å². The maximum atomic E-state index is 13.8. The first kappa shape index (κ1) is 28.9. The average molecular weight is 603 g/mol. The molecular weight excluding hydrogens is 569 g/mol. The largest absolute Gasteiger partial charge is 0.375 e. The van der Waals surface area contributed by atoms with Gasteiger partial charge < -0.3 is 9.64 Å². The number of halogens is 2. The summed E-state index contributed by atoms with van der Waals surface area (Å²) in [5.74, 6) is -0.0221. The topological polar surface area (TPSA) is 79.0 Å². The molecule has 1 saturated heterocycles. The van der Waals surface area contributed by atoms with E-state index in [1.807, 2.05) is 65.6 Å². The number of benzene rings is 3. The number of fused-ring (bicyclic) bond motifs is 2. The van der Waals surface area contributed by atoms with Crippen molar-refractivity contribution in [3.8, 4) is 0 Å². The van der Waals surface area contributed by atoms with Gasteiger partial charge in [-0.15, -0.1) is 0 Å². The second kappa shape index (κ2) is 12.1. The van der Waals surface area contributed by atoms with Gasteiger partial charge >= 0.3 is 0 Å². The van der Waals surface area contributed by atoms with Crippen LogP contribution in [0.3, 0.4) is 0 Å². The summed E-state index contributed by atoms with van der Waals surface area (Å²) in [5.41, 5.74) is 3.46. The maximum Gasteiger partial charge on any atom is 0.242 e. The molecule has 5 rings (SSSR count). The Morgan fingerprint density at radius 2 is 1.68 bits per heavy atom. The SMILES string of the molecule is CS(=O)(=O)N1CC2(CCN(C(=O)C(COCc3ccc(Cl)c(Cl)c3)NCc3ccccc3)CC2)c2ccccc21. The predicted octanol–water partition coefficient (Wildman–Crippen LogP) is 5.01. The number of para-hydroxylation sites is 1. The Morgan fingerprint density at radius 3 is 2.38 bits per heavy atom. The molecule has 212 valence electrons. The molecule has 0 radical (unpaired) electrons. The van der Waals surface area contributed by atoms with Gasteiger partial charge in [0, 0.05) is 31.6 Å². The minimum atomic E-state index is -3.40. The van der Waals surface area contributed by atoms with Gasteiger partial charge in [0.1, 0.15) is 6.04 Å². The van der Waals surface area contributed by atoms with E-state index in [0.29, 0.717) is 55.7 Å². The molecule has 2 heterocycles. The Labute approximate surface area is 246 Å². The van der Waals surface area contributed by atoms with Crippen molar-refractivity contribution < 1.29 is 17.9 Å². The van der Waals surface area contributed by atoms with Crippen molar-refractivity contribution >= 4 is 44.8 Å². The van der Waals surface area contributed by atoms with Gasteiger partial charge in [-0.3, -0.25) is 14.4 Å². The molecule has 0 bridgehead atoms. The fourth-order valence-corrected chi connectivity index (χ4v) is 6.98. The first-order valence-corrected chi connectivity index (χ1v) is 15.9. The number of carbonyl (C=O) groups is 1. The van der Waals surface area contributed by atoms with Gasteiger partial charge in [-0.1, -0.05) is 77.8 Å². The Balaban J connectivity index is 1.27. The fourth-order valence-electron chi connectivity index (χ4n) is 5.66. The second-order valence-corrected chi connectivity index (χ2v) is 13.3. The minimum absolute atomic E-state index is 0.0221. The van der Waals surface area contributed by atoms with Crippen molar-refractivity contribution in [2.45, 2.75) is 37.5 Å². The number of rotatable bonds is 9. The molecule has 1 N–H and O–H groups in total. The van der Waals surface area contributed by atoms with Gasteiger partial charge in [0.05, 0.1) is 35.2 Å². The molecule has 1 spiro atoms. The highest BCUT2D eigenvalue weighted by atomic mass is 35.5. The van der Waals surface area contributed by atoms with Gasteiger partial charge in [0.2, 0.25) is 15.9 Å². The summed E-state index contributed by atoms with van der Waals surface area (Å²) in [6.07, 6.45) is 2.64. The standard InChI is InChI=1S/C30H33Cl2N3O4S/c1-40(37,38)35-21-30(24-9-5-6-10-28(24)35)13-15-34(16-14-30)29(36)27(33-18-22-7-3-2-4-8-22)20-39-19-23-11-12-25(31)26(32)17-23/h2-12,17,27,33H,13-16,18-21H2,1H3. The van der Waals surface area contributed by atoms with Crippen molar-refractivity contribution in [3.63, 3.8) is 0 Å². The van der Waals surface area contributed by atoms with Crippen molar-refractivity contribution in [2.24, 2.45) is 0 Å². The number of hydrogen-bond acceptors (Lipinski definition) is 5. The minimum Gasteiger partial charge on any atom is -0.375 e. The number of piperidine rings is 1. The third-order valence-electron chi connectivity index (χ3n) is 7.85. The molecule has 3 aromatic carbocycles. The summed E-state index contributed by atoms with van der Waals surface area (Å²) in [7, 11) is -3.40. The van der Waals surface area contributed by atoms with E-state index in [0.717, 1.165) is 22.4 Å². The van der Waals surface area contributed by atoms with Crippen LogP contribution in [0.4, 0.5) is 5.69 Å².